The predicted molar refractivity (Wildman–Crippen MR) is 116 cm³/mol. The number of nitrogens with one attached hydrogen (secondary N) is 1. The molecule has 6 nitrogen and oxygen atoms in total. The fraction of sp³-hybridized carbons (Fsp3) is 0.333. The number of hydrogen-bond acceptors (Lipinski definition) is 4. The average Bonchev–Trinajstić information content (AvgIpc) is 3.39. The van der Waals surface area contributed by atoms with E-state index in [-0.39, 0.29) is 30.7 Å². The molecule has 3 aromatic rings. The Morgan fingerprint density at radius 3 is 2.66 bits per heavy atom. The Morgan fingerprint density at radius 1 is 1.10 bits per heavy atom. The first kappa shape index (κ1) is 21.4. The van der Waals surface area contributed by atoms with Crippen LogP contribution in [0.25, 0.3) is 5.65 Å². The third kappa shape index (κ3) is 4.34. The van der Waals surface area contributed by atoms with E-state index in [4.69, 9.17) is 4.74 Å². The number of aromatic nitrogens is 2. The second-order valence-corrected chi connectivity index (χ2v) is 7.40. The van der Waals surface area contributed by atoms with Crippen LogP contribution < -0.4 is 10.1 Å². The van der Waals surface area contributed by atoms with E-state index in [2.05, 4.69) is 10.3 Å². The lowest BCUT2D eigenvalue weighted by Gasteiger charge is -2.18. The fourth-order valence-electron chi connectivity index (χ4n) is 4.14. The molecule has 1 N–H and O–H groups in total. The molecule has 1 amide bonds. The van der Waals surface area contributed by atoms with Crippen LogP contribution in [0.15, 0.2) is 54.9 Å². The molecule has 2 atom stereocenters. The highest BCUT2D eigenvalue weighted by molar-refractivity contribution is 5.94. The molecule has 2 aliphatic rings. The van der Waals surface area contributed by atoms with E-state index in [1.165, 1.54) is 0 Å². The molecular weight excluding hydrogens is 411 g/mol. The van der Waals surface area contributed by atoms with Crippen molar-refractivity contribution in [2.24, 2.45) is 11.8 Å². The summed E-state index contributed by atoms with van der Waals surface area (Å²) in [5.41, 5.74) is 2.45. The monoisotopic (exact) mass is 434 g/mol. The molecule has 8 heteroatoms. The number of hydrogen-bond donors (Lipinski definition) is 1. The zero-order valence-electron chi connectivity index (χ0n) is 15.9. The van der Waals surface area contributed by atoms with E-state index in [0.29, 0.717) is 29.8 Å². The van der Waals surface area contributed by atoms with Crippen molar-refractivity contribution >= 4 is 36.4 Å². The zero-order valence-corrected chi connectivity index (χ0v) is 17.5. The van der Waals surface area contributed by atoms with E-state index in [1.807, 2.05) is 64.2 Å². The highest BCUT2D eigenvalue weighted by Gasteiger charge is 2.38. The van der Waals surface area contributed by atoms with Gasteiger partial charge in [0.15, 0.2) is 0 Å². The largest absolute Gasteiger partial charge is 0.487 e. The summed E-state index contributed by atoms with van der Waals surface area (Å²) in [5.74, 6) is 1.99. The smallest absolute Gasteiger partial charge is 0.254 e. The van der Waals surface area contributed by atoms with Crippen molar-refractivity contribution in [2.45, 2.75) is 6.61 Å². The summed E-state index contributed by atoms with van der Waals surface area (Å²) in [6.07, 6.45) is 3.92. The van der Waals surface area contributed by atoms with E-state index < -0.39 is 0 Å². The van der Waals surface area contributed by atoms with E-state index in [1.54, 1.807) is 0 Å². The van der Waals surface area contributed by atoms with Gasteiger partial charge >= 0.3 is 0 Å². The van der Waals surface area contributed by atoms with Crippen LogP contribution in [0.2, 0.25) is 0 Å². The standard InChI is InChI=1S/C21H22N4O2.2ClH/c26-21(25-11-16-9-22-10-17(16)12-25)15-4-3-5-19(8-15)27-14-18-13-24-7-2-1-6-20(24)23-18;;/h1-8,13,16-17,22H,9-12,14H2;2*1H/t16-,17+;;. The Hall–Kier alpha value is -2.28. The number of halogens is 2. The van der Waals surface area contributed by atoms with E-state index in [9.17, 15) is 4.79 Å². The van der Waals surface area contributed by atoms with Crippen LogP contribution >= 0.6 is 24.8 Å². The summed E-state index contributed by atoms with van der Waals surface area (Å²) >= 11 is 0. The molecule has 0 unspecified atom stereocenters. The van der Waals surface area contributed by atoms with Gasteiger partial charge in [0.25, 0.3) is 5.91 Å². The molecule has 0 saturated carbocycles. The third-order valence-corrected chi connectivity index (χ3v) is 5.56. The van der Waals surface area contributed by atoms with Crippen LogP contribution in [0.5, 0.6) is 5.75 Å². The number of benzene rings is 1. The van der Waals surface area contributed by atoms with Gasteiger partial charge in [-0.05, 0) is 42.2 Å². The first-order chi connectivity index (χ1) is 13.3. The molecule has 0 bridgehead atoms. The van der Waals surface area contributed by atoms with Crippen molar-refractivity contribution in [3.8, 4) is 5.75 Å². The van der Waals surface area contributed by atoms with Gasteiger partial charge in [-0.2, -0.15) is 0 Å². The molecule has 4 heterocycles. The van der Waals surface area contributed by atoms with Crippen LogP contribution in [0.1, 0.15) is 16.1 Å². The Bertz CT molecular complexity index is 948. The van der Waals surface area contributed by atoms with Gasteiger partial charge in [0, 0.05) is 44.1 Å². The molecule has 0 spiro atoms. The van der Waals surface area contributed by atoms with Gasteiger partial charge in [-0.25, -0.2) is 4.98 Å². The van der Waals surface area contributed by atoms with Gasteiger partial charge < -0.3 is 19.4 Å². The number of fused-ring (bicyclic) bond motifs is 2. The number of rotatable bonds is 4. The van der Waals surface area contributed by atoms with Gasteiger partial charge in [-0.15, -0.1) is 24.8 Å². The van der Waals surface area contributed by atoms with Gasteiger partial charge in [0.05, 0.1) is 5.69 Å². The summed E-state index contributed by atoms with van der Waals surface area (Å²) < 4.78 is 7.86. The molecule has 2 aromatic heterocycles. The van der Waals surface area contributed by atoms with Gasteiger partial charge in [-0.1, -0.05) is 12.1 Å². The van der Waals surface area contributed by atoms with Gasteiger partial charge in [0.2, 0.25) is 0 Å². The molecule has 1 aromatic carbocycles. The number of imidazole rings is 1. The Labute approximate surface area is 182 Å². The lowest BCUT2D eigenvalue weighted by molar-refractivity contribution is 0.0781. The Morgan fingerprint density at radius 2 is 1.90 bits per heavy atom. The van der Waals surface area contributed by atoms with Gasteiger partial charge in [0.1, 0.15) is 18.0 Å². The molecule has 5 rings (SSSR count). The van der Waals surface area contributed by atoms with E-state index in [0.717, 1.165) is 37.5 Å². The van der Waals surface area contributed by atoms with Crippen LogP contribution in [0.3, 0.4) is 0 Å². The summed E-state index contributed by atoms with van der Waals surface area (Å²) in [6.45, 7) is 4.12. The quantitative estimate of drug-likeness (QED) is 0.685. The maximum Gasteiger partial charge on any atom is 0.254 e. The summed E-state index contributed by atoms with van der Waals surface area (Å²) in [6, 6.07) is 13.4. The predicted octanol–water partition coefficient (Wildman–Crippen LogP) is 3.05. The highest BCUT2D eigenvalue weighted by atomic mass is 35.5. The van der Waals surface area contributed by atoms with Crippen molar-refractivity contribution < 1.29 is 9.53 Å². The molecule has 2 saturated heterocycles. The highest BCUT2D eigenvalue weighted by Crippen LogP contribution is 2.28. The summed E-state index contributed by atoms with van der Waals surface area (Å²) in [5, 5.41) is 3.41. The number of ether oxygens (including phenoxy) is 1. The average molecular weight is 435 g/mol. The van der Waals surface area contributed by atoms with Crippen molar-refractivity contribution in [1.82, 2.24) is 19.6 Å². The molecule has 2 aliphatic heterocycles. The maximum absolute atomic E-state index is 12.9. The van der Waals surface area contributed by atoms with Crippen molar-refractivity contribution in [3.05, 3.63) is 66.1 Å². The fourth-order valence-corrected chi connectivity index (χ4v) is 4.14. The van der Waals surface area contributed by atoms with Crippen molar-refractivity contribution in [1.29, 1.82) is 0 Å². The first-order valence-corrected chi connectivity index (χ1v) is 9.42. The van der Waals surface area contributed by atoms with Crippen LogP contribution in [-0.4, -0.2) is 46.4 Å². The summed E-state index contributed by atoms with van der Waals surface area (Å²) in [7, 11) is 0. The third-order valence-electron chi connectivity index (χ3n) is 5.56. The number of carbonyl (C=O) groups is 1. The van der Waals surface area contributed by atoms with Crippen LogP contribution in [-0.2, 0) is 6.61 Å². The number of carbonyl (C=O) groups excluding carboxylic acids is 1. The lowest BCUT2D eigenvalue weighted by atomic mass is 10.0. The topological polar surface area (TPSA) is 58.9 Å². The van der Waals surface area contributed by atoms with Crippen LogP contribution in [0.4, 0.5) is 0 Å². The van der Waals surface area contributed by atoms with Crippen molar-refractivity contribution in [2.75, 3.05) is 26.2 Å². The minimum atomic E-state index is 0. The number of pyridine rings is 1. The Kier molecular flexibility index (Phi) is 6.67. The lowest BCUT2D eigenvalue weighted by Crippen LogP contribution is -2.31. The van der Waals surface area contributed by atoms with Crippen molar-refractivity contribution in [3.63, 3.8) is 0 Å². The number of likely N-dealkylation sites (tertiary alicyclic amines) is 1. The Balaban J connectivity index is 0.00000120. The maximum atomic E-state index is 12.9. The first-order valence-electron chi connectivity index (χ1n) is 9.42. The molecule has 154 valence electrons. The number of nitrogens with zero attached hydrogens (tertiary/aromatic N) is 3. The molecule has 2 fully saturated rings. The zero-order chi connectivity index (χ0) is 18.2. The molecule has 0 radical (unpaired) electrons. The van der Waals surface area contributed by atoms with E-state index >= 15 is 0 Å². The number of amides is 1. The second-order valence-electron chi connectivity index (χ2n) is 7.40. The molecule has 0 aliphatic carbocycles. The SMILES string of the molecule is Cl.Cl.O=C(c1cccc(OCc2cn3ccccc3n2)c1)N1C[C@H]2CNC[C@H]2C1. The molecule has 29 heavy (non-hydrogen) atoms. The van der Waals surface area contributed by atoms with Crippen LogP contribution in [0, 0.1) is 11.8 Å². The summed E-state index contributed by atoms with van der Waals surface area (Å²) in [4.78, 5) is 19.4. The normalized spacial score (nSPS) is 20.1. The minimum Gasteiger partial charge on any atom is -0.487 e. The second kappa shape index (κ2) is 9.03. The van der Waals surface area contributed by atoms with Gasteiger partial charge in [-0.3, -0.25) is 4.79 Å². The minimum absolute atomic E-state index is 0. The molecular formula is C21H24Cl2N4O2.